The maximum atomic E-state index is 12.6. The summed E-state index contributed by atoms with van der Waals surface area (Å²) in [5.41, 5.74) is -1.17. The molecule has 0 aliphatic heterocycles. The number of furan rings is 1. The highest BCUT2D eigenvalue weighted by molar-refractivity contribution is 7.89. The first-order valence-corrected chi connectivity index (χ1v) is 8.33. The predicted octanol–water partition coefficient (Wildman–Crippen LogP) is 1.60. The second-order valence-electron chi connectivity index (χ2n) is 5.79. The molecule has 0 radical (unpaired) electrons. The monoisotopic (exact) mass is 347 g/mol. The van der Waals surface area contributed by atoms with Crippen LogP contribution in [0.4, 0.5) is 0 Å². The van der Waals surface area contributed by atoms with Gasteiger partial charge in [0.15, 0.2) is 0 Å². The molecule has 1 heterocycles. The molecule has 0 aliphatic carbocycles. The zero-order chi connectivity index (χ0) is 18.0. The Morgan fingerprint density at radius 3 is 2.30 bits per heavy atom. The number of hydrogen-bond donors (Lipinski definition) is 2. The van der Waals surface area contributed by atoms with Gasteiger partial charge in [-0.3, -0.25) is 4.79 Å². The highest BCUT2D eigenvalue weighted by Crippen LogP contribution is 2.28. The van der Waals surface area contributed by atoms with Crippen molar-refractivity contribution in [3.8, 4) is 0 Å². The molecule has 1 rings (SSSR count). The molecule has 0 atom stereocenters. The van der Waals surface area contributed by atoms with Crippen LogP contribution in [0.25, 0.3) is 0 Å². The second-order valence-corrected chi connectivity index (χ2v) is 7.41. The molecule has 9 heteroatoms. The van der Waals surface area contributed by atoms with Gasteiger partial charge < -0.3 is 14.3 Å². The molecule has 2 N–H and O–H groups in total. The summed E-state index contributed by atoms with van der Waals surface area (Å²) in [5, 5.41) is 8.74. The van der Waals surface area contributed by atoms with Gasteiger partial charge in [-0.25, -0.2) is 17.9 Å². The molecular formula is C14H21NO7S. The highest BCUT2D eigenvalue weighted by Gasteiger charge is 2.35. The quantitative estimate of drug-likeness (QED) is 0.718. The van der Waals surface area contributed by atoms with Crippen LogP contribution in [0, 0.1) is 13.8 Å². The number of carboxylic acid groups (broad SMARTS) is 1. The smallest absolute Gasteiger partial charge is 0.342 e. The highest BCUT2D eigenvalue weighted by atomic mass is 32.2. The van der Waals surface area contributed by atoms with Crippen LogP contribution >= 0.6 is 0 Å². The molecule has 1 aromatic rings. The lowest BCUT2D eigenvalue weighted by Crippen LogP contribution is -2.44. The second kappa shape index (κ2) is 6.71. The van der Waals surface area contributed by atoms with Gasteiger partial charge in [0, 0.05) is 12.0 Å². The first-order valence-electron chi connectivity index (χ1n) is 6.85. The van der Waals surface area contributed by atoms with Crippen molar-refractivity contribution in [1.29, 1.82) is 0 Å². The van der Waals surface area contributed by atoms with Crippen molar-refractivity contribution in [1.82, 2.24) is 4.72 Å². The van der Waals surface area contributed by atoms with Gasteiger partial charge in [-0.2, -0.15) is 0 Å². The van der Waals surface area contributed by atoms with Crippen LogP contribution in [0.2, 0.25) is 0 Å². The SMILES string of the molecule is COC(=O)c1c(C)oc(C)c1S(=O)(=O)NC(C)(C)CCC(=O)O. The fourth-order valence-electron chi connectivity index (χ4n) is 2.21. The molecule has 0 fully saturated rings. The van der Waals surface area contributed by atoms with E-state index in [1.807, 2.05) is 0 Å². The minimum Gasteiger partial charge on any atom is -0.481 e. The number of ether oxygens (including phenoxy) is 1. The van der Waals surface area contributed by atoms with E-state index in [4.69, 9.17) is 9.52 Å². The van der Waals surface area contributed by atoms with E-state index >= 15 is 0 Å². The Labute approximate surface area is 134 Å². The van der Waals surface area contributed by atoms with Crippen LogP contribution in [0.1, 0.15) is 48.6 Å². The van der Waals surface area contributed by atoms with Gasteiger partial charge in [0.05, 0.1) is 7.11 Å². The van der Waals surface area contributed by atoms with E-state index in [2.05, 4.69) is 9.46 Å². The number of methoxy groups -OCH3 is 1. The van der Waals surface area contributed by atoms with E-state index in [0.29, 0.717) is 0 Å². The lowest BCUT2D eigenvalue weighted by molar-refractivity contribution is -0.137. The number of nitrogens with one attached hydrogen (secondary N) is 1. The summed E-state index contributed by atoms with van der Waals surface area (Å²) in [5.74, 6) is -1.64. The Hall–Kier alpha value is -1.87. The van der Waals surface area contributed by atoms with Crippen molar-refractivity contribution in [2.24, 2.45) is 0 Å². The third kappa shape index (κ3) is 4.55. The predicted molar refractivity (Wildman–Crippen MR) is 80.8 cm³/mol. The standard InChI is InChI=1S/C14H21NO7S/c1-8-11(13(18)21-5)12(9(2)22-8)23(19,20)15-14(3,4)7-6-10(16)17/h15H,6-7H2,1-5H3,(H,16,17). The van der Waals surface area contributed by atoms with Gasteiger partial charge in [-0.1, -0.05) is 0 Å². The third-order valence-electron chi connectivity index (χ3n) is 3.24. The molecule has 0 unspecified atom stereocenters. The fourth-order valence-corrected chi connectivity index (χ4v) is 4.06. The van der Waals surface area contributed by atoms with Crippen molar-refractivity contribution >= 4 is 22.0 Å². The summed E-state index contributed by atoms with van der Waals surface area (Å²) < 4.78 is 37.6. The van der Waals surface area contributed by atoms with Gasteiger partial charge in [-0.15, -0.1) is 0 Å². The number of aryl methyl sites for hydroxylation is 2. The van der Waals surface area contributed by atoms with E-state index in [0.717, 1.165) is 7.11 Å². The Morgan fingerprint density at radius 1 is 1.26 bits per heavy atom. The molecule has 0 bridgehead atoms. The molecule has 0 saturated heterocycles. The molecular weight excluding hydrogens is 326 g/mol. The zero-order valence-electron chi connectivity index (χ0n) is 13.7. The molecule has 0 aromatic carbocycles. The molecule has 0 saturated carbocycles. The number of aliphatic carboxylic acids is 1. The van der Waals surface area contributed by atoms with Crippen LogP contribution in [0.3, 0.4) is 0 Å². The van der Waals surface area contributed by atoms with Crippen LogP contribution < -0.4 is 4.72 Å². The van der Waals surface area contributed by atoms with Crippen molar-refractivity contribution in [3.63, 3.8) is 0 Å². The summed E-state index contributed by atoms with van der Waals surface area (Å²) in [6, 6.07) is 0. The molecule has 0 spiro atoms. The number of hydrogen-bond acceptors (Lipinski definition) is 6. The van der Waals surface area contributed by atoms with Crippen molar-refractivity contribution in [2.75, 3.05) is 7.11 Å². The van der Waals surface area contributed by atoms with E-state index in [-0.39, 0.29) is 34.8 Å². The Kier molecular flexibility index (Phi) is 5.60. The van der Waals surface area contributed by atoms with Gasteiger partial charge >= 0.3 is 11.9 Å². The van der Waals surface area contributed by atoms with Crippen molar-refractivity contribution < 1.29 is 32.3 Å². The number of carbonyl (C=O) groups excluding carboxylic acids is 1. The van der Waals surface area contributed by atoms with Crippen molar-refractivity contribution in [2.45, 2.75) is 51.0 Å². The summed E-state index contributed by atoms with van der Waals surface area (Å²) in [6.07, 6.45) is -0.103. The molecule has 1 aromatic heterocycles. The Bertz CT molecular complexity index is 716. The van der Waals surface area contributed by atoms with Crippen molar-refractivity contribution in [3.05, 3.63) is 17.1 Å². The van der Waals surface area contributed by atoms with Gasteiger partial charge in [-0.05, 0) is 34.1 Å². The van der Waals surface area contributed by atoms with Crippen LogP contribution in [0.5, 0.6) is 0 Å². The number of carbonyl (C=O) groups is 2. The van der Waals surface area contributed by atoms with Crippen LogP contribution in [-0.4, -0.2) is 38.1 Å². The summed E-state index contributed by atoms with van der Waals surface area (Å²) in [6.45, 7) is 6.02. The molecule has 8 nitrogen and oxygen atoms in total. The maximum absolute atomic E-state index is 12.6. The van der Waals surface area contributed by atoms with E-state index in [1.54, 1.807) is 13.8 Å². The van der Waals surface area contributed by atoms with E-state index in [9.17, 15) is 18.0 Å². The molecule has 0 amide bonds. The first kappa shape index (κ1) is 19.2. The van der Waals surface area contributed by atoms with E-state index < -0.39 is 27.5 Å². The molecule has 0 aliphatic rings. The number of carboxylic acids is 1. The summed E-state index contributed by atoms with van der Waals surface area (Å²) >= 11 is 0. The largest absolute Gasteiger partial charge is 0.481 e. The Balaban J connectivity index is 3.24. The number of rotatable bonds is 7. The summed E-state index contributed by atoms with van der Waals surface area (Å²) in [4.78, 5) is 22.2. The van der Waals surface area contributed by atoms with Gasteiger partial charge in [0.1, 0.15) is 22.0 Å². The average molecular weight is 347 g/mol. The zero-order valence-corrected chi connectivity index (χ0v) is 14.5. The maximum Gasteiger partial charge on any atom is 0.342 e. The first-order chi connectivity index (χ1) is 10.4. The fraction of sp³-hybridized carbons (Fsp3) is 0.571. The summed E-state index contributed by atoms with van der Waals surface area (Å²) in [7, 11) is -2.96. The molecule has 130 valence electrons. The minimum absolute atomic E-state index is 0.0597. The minimum atomic E-state index is -4.10. The topological polar surface area (TPSA) is 123 Å². The third-order valence-corrected chi connectivity index (χ3v) is 5.09. The normalized spacial score (nSPS) is 12.2. The number of esters is 1. The van der Waals surface area contributed by atoms with Crippen LogP contribution in [0.15, 0.2) is 9.31 Å². The molecule has 23 heavy (non-hydrogen) atoms. The van der Waals surface area contributed by atoms with Gasteiger partial charge in [0.25, 0.3) is 0 Å². The lowest BCUT2D eigenvalue weighted by atomic mass is 10.0. The Morgan fingerprint density at radius 2 is 1.83 bits per heavy atom. The van der Waals surface area contributed by atoms with Crippen LogP contribution in [-0.2, 0) is 19.6 Å². The number of sulfonamides is 1. The van der Waals surface area contributed by atoms with E-state index in [1.165, 1.54) is 13.8 Å². The van der Waals surface area contributed by atoms with Gasteiger partial charge in [0.2, 0.25) is 10.0 Å². The lowest BCUT2D eigenvalue weighted by Gasteiger charge is -2.25. The average Bonchev–Trinajstić information content (AvgIpc) is 2.70.